The van der Waals surface area contributed by atoms with Crippen LogP contribution in [0.1, 0.15) is 47.5 Å². The molecular weight excluding hydrogens is 531 g/mol. The van der Waals surface area contributed by atoms with E-state index >= 15 is 0 Å². The molecule has 2 aromatic heterocycles. The summed E-state index contributed by atoms with van der Waals surface area (Å²) in [5, 5.41) is 0. The molecule has 0 saturated heterocycles. The molecule has 3 aromatic rings. The van der Waals surface area contributed by atoms with E-state index in [0.29, 0.717) is 12.1 Å². The molecule has 0 amide bonds. The Morgan fingerprint density at radius 1 is 0.921 bits per heavy atom. The summed E-state index contributed by atoms with van der Waals surface area (Å²) in [6.07, 6.45) is -12.2. The van der Waals surface area contributed by atoms with Crippen LogP contribution in [0.2, 0.25) is 0 Å². The van der Waals surface area contributed by atoms with E-state index in [-0.39, 0.29) is 40.5 Å². The Morgan fingerprint density at radius 2 is 1.63 bits per heavy atom. The highest BCUT2D eigenvalue weighted by atomic mass is 19.4. The molecule has 0 saturated carbocycles. The molecule has 1 atom stereocenters. The number of hydrogen-bond acceptors (Lipinski definition) is 4. The van der Waals surface area contributed by atoms with Gasteiger partial charge in [0.15, 0.2) is 5.71 Å². The lowest BCUT2D eigenvalue weighted by Crippen LogP contribution is -2.26. The van der Waals surface area contributed by atoms with Crippen molar-refractivity contribution in [3.05, 3.63) is 70.8 Å². The summed E-state index contributed by atoms with van der Waals surface area (Å²) in [4.78, 5) is 13.8. The van der Waals surface area contributed by atoms with E-state index in [2.05, 4.69) is 19.9 Å². The molecule has 3 heterocycles. The first kappa shape index (κ1) is 27.2. The highest BCUT2D eigenvalue weighted by molar-refractivity contribution is 6.07. The highest BCUT2D eigenvalue weighted by Gasteiger charge is 2.42. The lowest BCUT2D eigenvalue weighted by atomic mass is 9.97. The molecule has 0 fully saturated rings. The Morgan fingerprint density at radius 3 is 2.18 bits per heavy atom. The van der Waals surface area contributed by atoms with Gasteiger partial charge in [0, 0.05) is 23.4 Å². The fourth-order valence-corrected chi connectivity index (χ4v) is 3.83. The number of imidazole rings is 1. The molecular formula is C24H17F9N4O. The van der Waals surface area contributed by atoms with E-state index in [1.807, 2.05) is 0 Å². The van der Waals surface area contributed by atoms with Gasteiger partial charge in [-0.15, -0.1) is 0 Å². The SMILES string of the molecule is COc1cc(C(F)(F)F)ccc1-c1nc2c([nH]1)[C@H](C)C/C=C(\c1ccc(C(F)(F)F)nc1)N=C2C(F)(F)F. The van der Waals surface area contributed by atoms with Gasteiger partial charge < -0.3 is 9.72 Å². The third-order valence-corrected chi connectivity index (χ3v) is 5.75. The molecule has 5 nitrogen and oxygen atoms in total. The molecule has 38 heavy (non-hydrogen) atoms. The maximum Gasteiger partial charge on any atom is 0.435 e. The number of nitrogens with zero attached hydrogens (tertiary/aromatic N) is 3. The Kier molecular flexibility index (Phi) is 6.78. The number of hydrogen-bond donors (Lipinski definition) is 1. The molecule has 0 spiro atoms. The van der Waals surface area contributed by atoms with E-state index < -0.39 is 47.1 Å². The van der Waals surface area contributed by atoms with Gasteiger partial charge in [-0.3, -0.25) is 4.98 Å². The largest absolute Gasteiger partial charge is 0.496 e. The normalized spacial score (nSPS) is 18.1. The first-order valence-electron chi connectivity index (χ1n) is 10.8. The summed E-state index contributed by atoms with van der Waals surface area (Å²) in [5.41, 5.74) is -4.58. The summed E-state index contributed by atoms with van der Waals surface area (Å²) >= 11 is 0. The van der Waals surface area contributed by atoms with Crippen LogP contribution in [0.15, 0.2) is 47.6 Å². The van der Waals surface area contributed by atoms with Crippen LogP contribution < -0.4 is 4.74 Å². The maximum atomic E-state index is 14.2. The number of ether oxygens (including phenoxy) is 1. The van der Waals surface area contributed by atoms with Crippen LogP contribution in [-0.2, 0) is 12.4 Å². The number of halogens is 9. The number of allylic oxidation sites excluding steroid dienone is 1. The van der Waals surface area contributed by atoms with Gasteiger partial charge in [0.25, 0.3) is 0 Å². The third kappa shape index (κ3) is 5.38. The second-order valence-electron chi connectivity index (χ2n) is 8.37. The van der Waals surface area contributed by atoms with Crippen LogP contribution in [0, 0.1) is 0 Å². The number of fused-ring (bicyclic) bond motifs is 1. The molecule has 0 aliphatic carbocycles. The first-order chi connectivity index (χ1) is 17.6. The molecule has 1 aliphatic heterocycles. The maximum absolute atomic E-state index is 14.2. The molecule has 1 aromatic carbocycles. The summed E-state index contributed by atoms with van der Waals surface area (Å²) < 4.78 is 126. The number of nitrogens with one attached hydrogen (secondary N) is 1. The zero-order chi connectivity index (χ0) is 28.0. The number of methoxy groups -OCH3 is 1. The first-order valence-corrected chi connectivity index (χ1v) is 10.8. The minimum atomic E-state index is -5.04. The van der Waals surface area contributed by atoms with Gasteiger partial charge in [0.1, 0.15) is 23.0 Å². The fourth-order valence-electron chi connectivity index (χ4n) is 3.83. The Hall–Kier alpha value is -3.84. The van der Waals surface area contributed by atoms with Gasteiger partial charge in [-0.05, 0) is 36.8 Å². The van der Waals surface area contributed by atoms with Gasteiger partial charge >= 0.3 is 18.5 Å². The van der Waals surface area contributed by atoms with E-state index in [4.69, 9.17) is 4.74 Å². The number of rotatable bonds is 3. The van der Waals surface area contributed by atoms with Crippen molar-refractivity contribution in [1.29, 1.82) is 0 Å². The van der Waals surface area contributed by atoms with Crippen LogP contribution in [0.4, 0.5) is 39.5 Å². The van der Waals surface area contributed by atoms with Crippen molar-refractivity contribution in [2.24, 2.45) is 4.99 Å². The number of aromatic amines is 1. The van der Waals surface area contributed by atoms with Crippen molar-refractivity contribution in [3.63, 3.8) is 0 Å². The fraction of sp³-hybridized carbons (Fsp3) is 0.292. The van der Waals surface area contributed by atoms with Crippen molar-refractivity contribution in [1.82, 2.24) is 15.0 Å². The van der Waals surface area contributed by atoms with Gasteiger partial charge in [-0.2, -0.15) is 39.5 Å². The van der Waals surface area contributed by atoms with E-state index in [1.54, 1.807) is 6.92 Å². The van der Waals surface area contributed by atoms with Crippen molar-refractivity contribution >= 4 is 11.4 Å². The van der Waals surface area contributed by atoms with Gasteiger partial charge in [-0.1, -0.05) is 13.0 Å². The van der Waals surface area contributed by atoms with Gasteiger partial charge in [0.2, 0.25) is 0 Å². The molecule has 202 valence electrons. The Balaban J connectivity index is 1.84. The summed E-state index contributed by atoms with van der Waals surface area (Å²) in [7, 11) is 1.11. The molecule has 4 rings (SSSR count). The predicted molar refractivity (Wildman–Crippen MR) is 118 cm³/mol. The summed E-state index contributed by atoms with van der Waals surface area (Å²) in [6, 6.07) is 4.08. The number of aromatic nitrogens is 3. The summed E-state index contributed by atoms with van der Waals surface area (Å²) in [6.45, 7) is 1.59. The van der Waals surface area contributed by atoms with Crippen molar-refractivity contribution in [2.45, 2.75) is 37.8 Å². The Bertz CT molecular complexity index is 1400. The van der Waals surface area contributed by atoms with Crippen LogP contribution in [0.3, 0.4) is 0 Å². The van der Waals surface area contributed by atoms with E-state index in [1.165, 1.54) is 6.08 Å². The minimum Gasteiger partial charge on any atom is -0.496 e. The van der Waals surface area contributed by atoms with Crippen LogP contribution in [0.25, 0.3) is 17.1 Å². The number of benzene rings is 1. The smallest absolute Gasteiger partial charge is 0.435 e. The minimum absolute atomic E-state index is 0.0129. The zero-order valence-corrected chi connectivity index (χ0v) is 19.5. The zero-order valence-electron chi connectivity index (χ0n) is 19.5. The predicted octanol–water partition coefficient (Wildman–Crippen LogP) is 7.42. The van der Waals surface area contributed by atoms with Crippen molar-refractivity contribution in [2.75, 3.05) is 7.11 Å². The van der Waals surface area contributed by atoms with Crippen molar-refractivity contribution in [3.8, 4) is 17.1 Å². The topological polar surface area (TPSA) is 63.2 Å². The molecule has 1 N–H and O–H groups in total. The second-order valence-corrected chi connectivity index (χ2v) is 8.37. The quantitative estimate of drug-likeness (QED) is 0.347. The van der Waals surface area contributed by atoms with Gasteiger partial charge in [0.05, 0.1) is 23.9 Å². The summed E-state index contributed by atoms with van der Waals surface area (Å²) in [5.74, 6) is -1.06. The standard InChI is InChI=1S/C24H17F9N4O/c1-11-3-7-15(12-4-8-17(34-10-12)23(28,29)30)35-20(24(31,32)33)19-18(11)36-21(37-19)14-6-5-13(22(25,26)27)9-16(14)38-2/h4-11H,3H2,1-2H3,(H,36,37)/b15-7+,35-20?/t11-/m1/s1. The van der Waals surface area contributed by atoms with Crippen LogP contribution in [0.5, 0.6) is 5.75 Å². The lowest BCUT2D eigenvalue weighted by Gasteiger charge is -2.17. The number of pyridine rings is 1. The lowest BCUT2D eigenvalue weighted by molar-refractivity contribution is -0.141. The van der Waals surface area contributed by atoms with E-state index in [0.717, 1.165) is 31.5 Å². The third-order valence-electron chi connectivity index (χ3n) is 5.75. The number of H-pyrrole nitrogens is 1. The van der Waals surface area contributed by atoms with Crippen LogP contribution >= 0.6 is 0 Å². The molecule has 0 unspecified atom stereocenters. The average molecular weight is 548 g/mol. The average Bonchev–Trinajstić information content (AvgIpc) is 3.25. The number of alkyl halides is 9. The highest BCUT2D eigenvalue weighted by Crippen LogP contribution is 2.39. The molecule has 14 heteroatoms. The van der Waals surface area contributed by atoms with Crippen molar-refractivity contribution < 1.29 is 44.3 Å². The molecule has 0 radical (unpaired) electrons. The number of aliphatic imine (C=N–C) groups is 1. The Labute approximate surface area is 209 Å². The van der Waals surface area contributed by atoms with Crippen LogP contribution in [-0.4, -0.2) is 33.9 Å². The second kappa shape index (κ2) is 9.48. The molecule has 1 aliphatic rings. The molecule has 0 bridgehead atoms. The van der Waals surface area contributed by atoms with Gasteiger partial charge in [-0.25, -0.2) is 9.98 Å². The monoisotopic (exact) mass is 548 g/mol. The van der Waals surface area contributed by atoms with E-state index in [9.17, 15) is 39.5 Å².